The van der Waals surface area contributed by atoms with Crippen LogP contribution in [0.5, 0.6) is 5.75 Å². The van der Waals surface area contributed by atoms with Crippen LogP contribution in [0.3, 0.4) is 0 Å². The molecule has 266 valence electrons. The van der Waals surface area contributed by atoms with Crippen LogP contribution in [0.15, 0.2) is 71.6 Å². The zero-order chi connectivity index (χ0) is 35.7. The number of carbonyl (C=O) groups excluding carboxylic acids is 2. The summed E-state index contributed by atoms with van der Waals surface area (Å²) in [5.41, 5.74) is 1.70. The zero-order valence-electron chi connectivity index (χ0n) is 28.7. The molecule has 49 heavy (non-hydrogen) atoms. The molecule has 0 spiro atoms. The third kappa shape index (κ3) is 10.4. The van der Waals surface area contributed by atoms with Gasteiger partial charge in [-0.15, -0.1) is 0 Å². The number of urea groups is 1. The number of halogens is 1. The first-order valence-corrected chi connectivity index (χ1v) is 18.0. The number of benzene rings is 3. The standard InChI is InChI=1S/C36H47FN4O7S/c1-24-9-16-31(17-10-24)49(45,46)39-30-15-18-33-32(20-30)35(43)41(26(3)23-42)21-25(2)34(47-19-7-6-8-27(4)48-33)22-40(5)36(44)38-29-13-11-28(37)12-14-29/h9-18,20,25-27,34,39,42H,6-8,19,21-23H2,1-5H3,(H,38,44)/t25-,26-,27-,34+/m1/s1. The molecule has 0 saturated carbocycles. The molecule has 1 aliphatic heterocycles. The number of sulfonamides is 1. The maximum absolute atomic E-state index is 14.4. The van der Waals surface area contributed by atoms with E-state index in [0.29, 0.717) is 24.5 Å². The third-order valence-electron chi connectivity index (χ3n) is 8.53. The number of aryl methyl sites for hydroxylation is 1. The summed E-state index contributed by atoms with van der Waals surface area (Å²) in [6.07, 6.45) is 1.47. The van der Waals surface area contributed by atoms with Gasteiger partial charge in [0.25, 0.3) is 15.9 Å². The number of ether oxygens (including phenoxy) is 2. The minimum absolute atomic E-state index is 0.0843. The van der Waals surface area contributed by atoms with E-state index in [-0.39, 0.29) is 47.9 Å². The molecule has 1 aliphatic rings. The number of carbonyl (C=O) groups is 2. The quantitative estimate of drug-likeness (QED) is 0.267. The zero-order valence-corrected chi connectivity index (χ0v) is 29.5. The molecule has 3 aromatic carbocycles. The molecule has 0 aliphatic carbocycles. The molecule has 0 saturated heterocycles. The normalized spacial score (nSPS) is 19.9. The van der Waals surface area contributed by atoms with Gasteiger partial charge < -0.3 is 29.7 Å². The van der Waals surface area contributed by atoms with Crippen molar-refractivity contribution in [2.24, 2.45) is 5.92 Å². The van der Waals surface area contributed by atoms with Crippen molar-refractivity contribution in [1.29, 1.82) is 0 Å². The number of amides is 3. The molecule has 3 aromatic rings. The fourth-order valence-electron chi connectivity index (χ4n) is 5.49. The highest BCUT2D eigenvalue weighted by Gasteiger charge is 2.31. The average molecular weight is 699 g/mol. The van der Waals surface area contributed by atoms with E-state index in [9.17, 15) is 27.5 Å². The molecule has 3 N–H and O–H groups in total. The van der Waals surface area contributed by atoms with Crippen LogP contribution in [0.25, 0.3) is 0 Å². The lowest BCUT2D eigenvalue weighted by atomic mass is 10.0. The Kier molecular flexibility index (Phi) is 13.0. The third-order valence-corrected chi connectivity index (χ3v) is 9.93. The molecule has 11 nitrogen and oxygen atoms in total. The number of anilines is 2. The van der Waals surface area contributed by atoms with Crippen LogP contribution >= 0.6 is 0 Å². The van der Waals surface area contributed by atoms with Crippen molar-refractivity contribution in [2.75, 3.05) is 43.4 Å². The molecular weight excluding hydrogens is 651 g/mol. The Bertz CT molecular complexity index is 1670. The summed E-state index contributed by atoms with van der Waals surface area (Å²) in [5.74, 6) is -0.854. The van der Waals surface area contributed by atoms with Gasteiger partial charge in [0, 0.05) is 44.0 Å². The predicted octanol–water partition coefficient (Wildman–Crippen LogP) is 5.89. The van der Waals surface area contributed by atoms with Crippen molar-refractivity contribution in [2.45, 2.75) is 70.1 Å². The van der Waals surface area contributed by atoms with Crippen molar-refractivity contribution in [3.8, 4) is 5.75 Å². The van der Waals surface area contributed by atoms with Crippen molar-refractivity contribution < 1.29 is 37.0 Å². The number of nitrogens with zero attached hydrogens (tertiary/aromatic N) is 2. The summed E-state index contributed by atoms with van der Waals surface area (Å²) in [7, 11) is -2.32. The van der Waals surface area contributed by atoms with Crippen LogP contribution in [-0.2, 0) is 14.8 Å². The SMILES string of the molecule is Cc1ccc(S(=O)(=O)Nc2ccc3c(c2)C(=O)N([C@H](C)CO)C[C@@H](C)[C@H](CN(C)C(=O)Nc2ccc(F)cc2)OCCCC[C@@H](C)O3)cc1. The number of likely N-dealkylation sites (N-methyl/N-ethyl adjacent to an activating group) is 1. The first-order valence-electron chi connectivity index (χ1n) is 16.5. The summed E-state index contributed by atoms with van der Waals surface area (Å²) >= 11 is 0. The Morgan fingerprint density at radius 2 is 1.73 bits per heavy atom. The summed E-state index contributed by atoms with van der Waals surface area (Å²) in [6, 6.07) is 15.5. The number of aliphatic hydroxyl groups is 1. The Morgan fingerprint density at radius 1 is 1.06 bits per heavy atom. The van der Waals surface area contributed by atoms with Crippen molar-refractivity contribution in [3.05, 3.63) is 83.7 Å². The first-order chi connectivity index (χ1) is 23.3. The van der Waals surface area contributed by atoms with Crippen LogP contribution < -0.4 is 14.8 Å². The maximum Gasteiger partial charge on any atom is 0.321 e. The van der Waals surface area contributed by atoms with E-state index in [1.807, 2.05) is 20.8 Å². The number of hydrogen-bond acceptors (Lipinski definition) is 7. The molecule has 1 heterocycles. The first kappa shape index (κ1) is 37.6. The van der Waals surface area contributed by atoms with E-state index in [4.69, 9.17) is 9.47 Å². The second-order valence-electron chi connectivity index (χ2n) is 12.7. The fourth-order valence-corrected chi connectivity index (χ4v) is 6.53. The molecule has 0 aromatic heterocycles. The van der Waals surface area contributed by atoms with E-state index in [2.05, 4.69) is 10.0 Å². The molecule has 13 heteroatoms. The molecule has 0 radical (unpaired) electrons. The number of aliphatic hydroxyl groups excluding tert-OH is 1. The summed E-state index contributed by atoms with van der Waals surface area (Å²) < 4.78 is 54.9. The van der Waals surface area contributed by atoms with E-state index in [1.165, 1.54) is 52.3 Å². The number of rotatable bonds is 8. The van der Waals surface area contributed by atoms with Crippen LogP contribution in [0.2, 0.25) is 0 Å². The van der Waals surface area contributed by atoms with Crippen LogP contribution in [0, 0.1) is 18.7 Å². The lowest BCUT2D eigenvalue weighted by molar-refractivity contribution is -0.0115. The van der Waals surface area contributed by atoms with Crippen molar-refractivity contribution >= 4 is 33.3 Å². The van der Waals surface area contributed by atoms with E-state index < -0.39 is 39.9 Å². The molecule has 0 bridgehead atoms. The summed E-state index contributed by atoms with van der Waals surface area (Å²) in [6.45, 7) is 7.87. The second-order valence-corrected chi connectivity index (χ2v) is 14.4. The summed E-state index contributed by atoms with van der Waals surface area (Å²) in [5, 5.41) is 13.0. The molecule has 0 unspecified atom stereocenters. The van der Waals surface area contributed by atoms with Gasteiger partial charge in [0.2, 0.25) is 0 Å². The number of hydrogen-bond donors (Lipinski definition) is 3. The largest absolute Gasteiger partial charge is 0.490 e. The highest BCUT2D eigenvalue weighted by molar-refractivity contribution is 7.92. The van der Waals surface area contributed by atoms with Crippen LogP contribution in [-0.4, -0.2) is 86.9 Å². The molecule has 3 amide bonds. The minimum atomic E-state index is -3.95. The van der Waals surface area contributed by atoms with E-state index in [1.54, 1.807) is 38.2 Å². The van der Waals surface area contributed by atoms with Gasteiger partial charge in [0.1, 0.15) is 11.6 Å². The van der Waals surface area contributed by atoms with Gasteiger partial charge in [0.15, 0.2) is 0 Å². The van der Waals surface area contributed by atoms with E-state index in [0.717, 1.165) is 18.4 Å². The Labute approximate surface area is 288 Å². The average Bonchev–Trinajstić information content (AvgIpc) is 3.07. The van der Waals surface area contributed by atoms with Gasteiger partial charge >= 0.3 is 6.03 Å². The Hall–Kier alpha value is -4.20. The van der Waals surface area contributed by atoms with Crippen molar-refractivity contribution in [1.82, 2.24) is 9.80 Å². The monoisotopic (exact) mass is 698 g/mol. The molecule has 0 fully saturated rings. The Balaban J connectivity index is 1.62. The Morgan fingerprint density at radius 3 is 2.41 bits per heavy atom. The summed E-state index contributed by atoms with van der Waals surface area (Å²) in [4.78, 5) is 30.5. The van der Waals surface area contributed by atoms with Crippen molar-refractivity contribution in [3.63, 3.8) is 0 Å². The van der Waals surface area contributed by atoms with E-state index >= 15 is 0 Å². The maximum atomic E-state index is 14.4. The minimum Gasteiger partial charge on any atom is -0.490 e. The number of fused-ring (bicyclic) bond motifs is 1. The predicted molar refractivity (Wildman–Crippen MR) is 187 cm³/mol. The highest BCUT2D eigenvalue weighted by Crippen LogP contribution is 2.29. The van der Waals surface area contributed by atoms with Crippen LogP contribution in [0.1, 0.15) is 56.0 Å². The second kappa shape index (κ2) is 17.0. The van der Waals surface area contributed by atoms with Gasteiger partial charge in [-0.05, 0) is 94.6 Å². The topological polar surface area (TPSA) is 138 Å². The van der Waals surface area contributed by atoms with Gasteiger partial charge in [-0.1, -0.05) is 24.6 Å². The van der Waals surface area contributed by atoms with Gasteiger partial charge in [-0.25, -0.2) is 17.6 Å². The van der Waals surface area contributed by atoms with Crippen LogP contribution in [0.4, 0.5) is 20.6 Å². The highest BCUT2D eigenvalue weighted by atomic mass is 32.2. The van der Waals surface area contributed by atoms with Gasteiger partial charge in [0.05, 0.1) is 35.3 Å². The van der Waals surface area contributed by atoms with Gasteiger partial charge in [-0.2, -0.15) is 0 Å². The fraction of sp³-hybridized carbons (Fsp3) is 0.444. The van der Waals surface area contributed by atoms with Gasteiger partial charge in [-0.3, -0.25) is 9.52 Å². The molecule has 4 rings (SSSR count). The molecule has 4 atom stereocenters. The lowest BCUT2D eigenvalue weighted by Gasteiger charge is -2.35. The lowest BCUT2D eigenvalue weighted by Crippen LogP contribution is -2.48. The number of nitrogens with one attached hydrogen (secondary N) is 2. The molecular formula is C36H47FN4O7S. The smallest absolute Gasteiger partial charge is 0.321 e.